The smallest absolute Gasteiger partial charge is 0.280 e. The van der Waals surface area contributed by atoms with E-state index in [0.29, 0.717) is 65.9 Å². The molecule has 2 N–H and O–H groups in total. The number of fused-ring (bicyclic) bond motifs is 1. The van der Waals surface area contributed by atoms with Crippen molar-refractivity contribution in [3.8, 4) is 5.88 Å². The molecule has 0 radical (unpaired) electrons. The molecular formula is C27H34ClN5O6S2. The van der Waals surface area contributed by atoms with Gasteiger partial charge < -0.3 is 19.6 Å². The average Bonchev–Trinajstić information content (AvgIpc) is 3.60. The van der Waals surface area contributed by atoms with Crippen LogP contribution in [-0.2, 0) is 24.2 Å². The lowest BCUT2D eigenvalue weighted by atomic mass is 10.1. The summed E-state index contributed by atoms with van der Waals surface area (Å²) >= 11 is 1.22. The molecule has 2 aliphatic rings. The molecule has 5 rings (SSSR count). The second kappa shape index (κ2) is 13.9. The van der Waals surface area contributed by atoms with Crippen molar-refractivity contribution in [1.29, 1.82) is 0 Å². The van der Waals surface area contributed by atoms with Crippen LogP contribution >= 0.6 is 23.7 Å². The third-order valence-corrected chi connectivity index (χ3v) is 9.88. The van der Waals surface area contributed by atoms with Gasteiger partial charge in [0, 0.05) is 31.2 Å². The van der Waals surface area contributed by atoms with Gasteiger partial charge in [-0.15, -0.1) is 12.4 Å². The van der Waals surface area contributed by atoms with E-state index in [9.17, 15) is 13.2 Å². The number of likely N-dealkylation sites (N-methyl/N-ethyl adjacent to an activating group) is 1. The fourth-order valence-corrected chi connectivity index (χ4v) is 6.94. The number of pyridine rings is 1. The van der Waals surface area contributed by atoms with E-state index in [0.717, 1.165) is 12.8 Å². The van der Waals surface area contributed by atoms with Crippen LogP contribution in [0.3, 0.4) is 0 Å². The van der Waals surface area contributed by atoms with Crippen molar-refractivity contribution in [2.45, 2.75) is 61.4 Å². The van der Waals surface area contributed by atoms with E-state index in [-0.39, 0.29) is 40.5 Å². The van der Waals surface area contributed by atoms with Crippen molar-refractivity contribution in [3.63, 3.8) is 0 Å². The van der Waals surface area contributed by atoms with Crippen LogP contribution in [0.1, 0.15) is 44.6 Å². The maximum Gasteiger partial charge on any atom is 0.280 e. The van der Waals surface area contributed by atoms with E-state index in [1.54, 1.807) is 24.3 Å². The average molecular weight is 624 g/mol. The van der Waals surface area contributed by atoms with Crippen molar-refractivity contribution in [2.75, 3.05) is 32.1 Å². The second-order valence-electron chi connectivity index (χ2n) is 9.73. The van der Waals surface area contributed by atoms with Crippen LogP contribution in [0.2, 0.25) is 0 Å². The number of hydrogen-bond donors (Lipinski definition) is 2. The number of rotatable bonds is 13. The molecule has 2 saturated carbocycles. The number of benzene rings is 1. The van der Waals surface area contributed by atoms with Crippen LogP contribution in [0, 0.1) is 0 Å². The van der Waals surface area contributed by atoms with Crippen LogP contribution in [0.25, 0.3) is 10.3 Å². The molecule has 14 heteroatoms. The molecule has 2 atom stereocenters. The first-order valence-corrected chi connectivity index (χ1v) is 15.8. The van der Waals surface area contributed by atoms with Gasteiger partial charge in [0.1, 0.15) is 23.1 Å². The molecule has 11 nitrogen and oxygen atoms in total. The first-order chi connectivity index (χ1) is 19.4. The molecule has 0 bridgehead atoms. The second-order valence-corrected chi connectivity index (χ2v) is 12.9. The first kappa shape index (κ1) is 31.1. The first-order valence-electron chi connectivity index (χ1n) is 13.4. The van der Waals surface area contributed by atoms with E-state index >= 15 is 0 Å². The van der Waals surface area contributed by atoms with E-state index in [1.165, 1.54) is 23.5 Å². The number of ether oxygens (including phenoxy) is 2. The molecule has 0 saturated heterocycles. The molecule has 41 heavy (non-hydrogen) atoms. The van der Waals surface area contributed by atoms with E-state index in [2.05, 4.69) is 25.8 Å². The monoisotopic (exact) mass is 623 g/mol. The zero-order chi connectivity index (χ0) is 28.1. The molecule has 2 fully saturated rings. The van der Waals surface area contributed by atoms with Gasteiger partial charge in [-0.2, -0.15) is 0 Å². The zero-order valence-electron chi connectivity index (χ0n) is 22.9. The Morgan fingerprint density at radius 1 is 1.07 bits per heavy atom. The number of thiazole rings is 1. The Kier molecular flexibility index (Phi) is 10.5. The Bertz CT molecular complexity index is 1480. The molecule has 0 spiro atoms. The van der Waals surface area contributed by atoms with Crippen molar-refractivity contribution >= 4 is 60.7 Å². The fraction of sp³-hybridized carbons (Fsp3) is 0.481. The Morgan fingerprint density at radius 2 is 1.83 bits per heavy atom. The summed E-state index contributed by atoms with van der Waals surface area (Å²) < 4.78 is 36.6. The number of nitrogens with zero attached hydrogens (tertiary/aromatic N) is 3. The number of halogens is 1. The summed E-state index contributed by atoms with van der Waals surface area (Å²) in [7, 11) is -1.51. The maximum atomic E-state index is 13.5. The number of sulfone groups is 1. The number of carbonyl (C=O) groups excluding carboxylic acids is 1. The number of amides is 1. The van der Waals surface area contributed by atoms with Crippen LogP contribution < -0.4 is 15.4 Å². The molecule has 2 aliphatic carbocycles. The van der Waals surface area contributed by atoms with Gasteiger partial charge in [0.05, 0.1) is 16.2 Å². The minimum atomic E-state index is -3.35. The zero-order valence-corrected chi connectivity index (χ0v) is 25.3. The molecule has 2 aromatic heterocycles. The Labute approximate surface area is 249 Å². The van der Waals surface area contributed by atoms with Crippen molar-refractivity contribution < 1.29 is 27.5 Å². The Morgan fingerprint density at radius 3 is 2.54 bits per heavy atom. The Hall–Kier alpha value is -2.84. The number of aromatic nitrogens is 2. The highest BCUT2D eigenvalue weighted by Gasteiger charge is 2.37. The third kappa shape index (κ3) is 7.72. The minimum Gasteiger partial charge on any atom is -0.476 e. The highest BCUT2D eigenvalue weighted by molar-refractivity contribution is 7.92. The molecule has 3 aromatic rings. The van der Waals surface area contributed by atoms with Gasteiger partial charge >= 0.3 is 0 Å². The summed E-state index contributed by atoms with van der Waals surface area (Å²) in [5, 5.41) is 10.1. The third-order valence-electron chi connectivity index (χ3n) is 6.72. The van der Waals surface area contributed by atoms with Gasteiger partial charge in [-0.1, -0.05) is 28.6 Å². The summed E-state index contributed by atoms with van der Waals surface area (Å²) in [6.45, 7) is 3.75. The molecule has 1 aromatic carbocycles. The normalized spacial score (nSPS) is 19.1. The molecular weight excluding hydrogens is 590 g/mol. The largest absolute Gasteiger partial charge is 0.476 e. The summed E-state index contributed by atoms with van der Waals surface area (Å²) in [4.78, 5) is 29.1. The SMILES string of the molecule is CCO[C@@H]1CC[C@@H](O/N=C(/C(=O)Nc2nc3ccc(OCCNC)nc3s2)c2ccc(S(=O)(=O)C3CC3)cc2)C1.Cl. The number of oxime groups is 1. The van der Waals surface area contributed by atoms with Crippen LogP contribution in [0.15, 0.2) is 46.4 Å². The van der Waals surface area contributed by atoms with Crippen LogP contribution in [-0.4, -0.2) is 74.3 Å². The number of nitrogens with one attached hydrogen (secondary N) is 2. The van der Waals surface area contributed by atoms with Gasteiger partial charge in [0.2, 0.25) is 5.88 Å². The standard InChI is InChI=1S/C27H33N5O6S2.ClH/c1-3-36-18-6-7-19(16-18)38-32-24(17-4-8-20(9-5-17)40(34,35)21-10-11-21)25(33)31-27-29-22-12-13-23(30-26(22)39-27)37-15-14-28-2;/h4-5,8-9,12-13,18-19,21,28H,3,6-7,10-11,14-16H2,1-2H3,(H,29,31,33);1H/b32-24+;/t18-,19-;/m1./s1. The lowest BCUT2D eigenvalue weighted by molar-refractivity contribution is -0.110. The molecule has 0 aliphatic heterocycles. The Balaban J connectivity index is 0.00000387. The van der Waals surface area contributed by atoms with Crippen LogP contribution in [0.4, 0.5) is 5.13 Å². The lowest BCUT2D eigenvalue weighted by Gasteiger charge is -2.12. The fourth-order valence-electron chi connectivity index (χ4n) is 4.46. The van der Waals surface area contributed by atoms with Gasteiger partial charge in [-0.25, -0.2) is 18.4 Å². The summed E-state index contributed by atoms with van der Waals surface area (Å²) in [5.41, 5.74) is 1.09. The molecule has 0 unspecified atom stereocenters. The van der Waals surface area contributed by atoms with Crippen molar-refractivity contribution in [1.82, 2.24) is 15.3 Å². The van der Waals surface area contributed by atoms with Crippen molar-refractivity contribution in [3.05, 3.63) is 42.0 Å². The van der Waals surface area contributed by atoms with Gasteiger partial charge in [-0.3, -0.25) is 10.1 Å². The molecule has 1 amide bonds. The maximum absolute atomic E-state index is 13.5. The quantitative estimate of drug-likeness (QED) is 0.164. The predicted octanol–water partition coefficient (Wildman–Crippen LogP) is 3.96. The van der Waals surface area contributed by atoms with E-state index < -0.39 is 15.7 Å². The highest BCUT2D eigenvalue weighted by atomic mass is 35.5. The van der Waals surface area contributed by atoms with Crippen LogP contribution in [0.5, 0.6) is 5.88 Å². The predicted molar refractivity (Wildman–Crippen MR) is 160 cm³/mol. The number of carbonyl (C=O) groups is 1. The highest BCUT2D eigenvalue weighted by Crippen LogP contribution is 2.33. The molecule has 2 heterocycles. The van der Waals surface area contributed by atoms with Crippen molar-refractivity contribution in [2.24, 2.45) is 5.16 Å². The minimum absolute atomic E-state index is 0. The summed E-state index contributed by atoms with van der Waals surface area (Å²) in [5.74, 6) is -0.0511. The van der Waals surface area contributed by atoms with Gasteiger partial charge in [0.25, 0.3) is 5.91 Å². The lowest BCUT2D eigenvalue weighted by Crippen LogP contribution is -2.25. The van der Waals surface area contributed by atoms with Gasteiger partial charge in [-0.05, 0) is 57.9 Å². The van der Waals surface area contributed by atoms with Gasteiger partial charge in [0.15, 0.2) is 20.7 Å². The summed E-state index contributed by atoms with van der Waals surface area (Å²) in [6, 6.07) is 9.73. The summed E-state index contributed by atoms with van der Waals surface area (Å²) in [6.07, 6.45) is 3.60. The molecule has 222 valence electrons. The topological polar surface area (TPSA) is 141 Å². The van der Waals surface area contributed by atoms with E-state index in [1.807, 2.05) is 14.0 Å². The number of hydrogen-bond acceptors (Lipinski definition) is 11. The number of anilines is 1. The van der Waals surface area contributed by atoms with E-state index in [4.69, 9.17) is 14.3 Å².